The molecule has 2 atom stereocenters. The molecule has 1 fully saturated rings. The Morgan fingerprint density at radius 3 is 2.81 bits per heavy atom. The van der Waals surface area contributed by atoms with Crippen molar-refractivity contribution in [2.75, 3.05) is 12.3 Å². The van der Waals surface area contributed by atoms with E-state index < -0.39 is 10.0 Å². The Kier molecular flexibility index (Phi) is 5.27. The summed E-state index contributed by atoms with van der Waals surface area (Å²) in [4.78, 5) is 0.291. The molecule has 0 spiro atoms. The van der Waals surface area contributed by atoms with Crippen LogP contribution in [-0.2, 0) is 10.0 Å². The van der Waals surface area contributed by atoms with Crippen molar-refractivity contribution >= 4 is 15.7 Å². The minimum absolute atomic E-state index is 0.291. The van der Waals surface area contributed by atoms with Gasteiger partial charge in [0, 0.05) is 12.2 Å². The summed E-state index contributed by atoms with van der Waals surface area (Å²) in [5.41, 5.74) is 6.89. The Bertz CT molecular complexity index is 584. The molecule has 2 rings (SSSR count). The summed E-state index contributed by atoms with van der Waals surface area (Å²) in [5.74, 6) is 1.43. The first kappa shape index (κ1) is 16.3. The molecule has 0 amide bonds. The van der Waals surface area contributed by atoms with Crippen molar-refractivity contribution in [2.45, 2.75) is 50.8 Å². The first-order valence-electron chi connectivity index (χ1n) is 7.74. The predicted molar refractivity (Wildman–Crippen MR) is 86.5 cm³/mol. The summed E-state index contributed by atoms with van der Waals surface area (Å²) in [6, 6.07) is 4.99. The van der Waals surface area contributed by atoms with Gasteiger partial charge in [-0.25, -0.2) is 13.1 Å². The number of hydrogen-bond acceptors (Lipinski definition) is 3. The van der Waals surface area contributed by atoms with Gasteiger partial charge in [0.2, 0.25) is 10.0 Å². The van der Waals surface area contributed by atoms with E-state index in [2.05, 4.69) is 11.6 Å². The van der Waals surface area contributed by atoms with Crippen LogP contribution in [-0.4, -0.2) is 15.0 Å². The molecule has 1 aromatic carbocycles. The van der Waals surface area contributed by atoms with Crippen LogP contribution in [0.2, 0.25) is 0 Å². The molecule has 0 aliphatic heterocycles. The van der Waals surface area contributed by atoms with Gasteiger partial charge in [-0.2, -0.15) is 0 Å². The molecule has 0 aromatic heterocycles. The first-order valence-corrected chi connectivity index (χ1v) is 9.22. The van der Waals surface area contributed by atoms with E-state index >= 15 is 0 Å². The van der Waals surface area contributed by atoms with E-state index in [9.17, 15) is 8.42 Å². The second-order valence-electron chi connectivity index (χ2n) is 6.35. The topological polar surface area (TPSA) is 72.2 Å². The SMILES string of the molecule is Cc1ccc(N)cc1S(=O)(=O)NCCC1CCCC(C)C1. The third kappa shape index (κ3) is 4.45. The van der Waals surface area contributed by atoms with Crippen molar-refractivity contribution in [1.29, 1.82) is 0 Å². The normalized spacial score (nSPS) is 23.1. The van der Waals surface area contributed by atoms with Crippen LogP contribution in [0, 0.1) is 18.8 Å². The highest BCUT2D eigenvalue weighted by Crippen LogP contribution is 2.30. The third-order valence-electron chi connectivity index (χ3n) is 4.39. The van der Waals surface area contributed by atoms with E-state index in [1.165, 1.54) is 31.7 Å². The lowest BCUT2D eigenvalue weighted by molar-refractivity contribution is 0.271. The Morgan fingerprint density at radius 1 is 1.33 bits per heavy atom. The number of anilines is 1. The molecule has 1 aliphatic carbocycles. The van der Waals surface area contributed by atoms with E-state index in [0.717, 1.165) is 17.9 Å². The van der Waals surface area contributed by atoms with Gasteiger partial charge in [-0.1, -0.05) is 32.3 Å². The average molecular weight is 310 g/mol. The zero-order valence-corrected chi connectivity index (χ0v) is 13.7. The molecule has 2 unspecified atom stereocenters. The lowest BCUT2D eigenvalue weighted by Gasteiger charge is -2.26. The predicted octanol–water partition coefficient (Wildman–Crippen LogP) is 3.07. The molecule has 21 heavy (non-hydrogen) atoms. The summed E-state index contributed by atoms with van der Waals surface area (Å²) in [6.45, 7) is 4.58. The highest BCUT2D eigenvalue weighted by molar-refractivity contribution is 7.89. The molecule has 4 nitrogen and oxygen atoms in total. The zero-order valence-electron chi connectivity index (χ0n) is 12.9. The van der Waals surface area contributed by atoms with Crippen molar-refractivity contribution in [3.8, 4) is 0 Å². The molecule has 0 saturated heterocycles. The monoisotopic (exact) mass is 310 g/mol. The number of nitrogens with one attached hydrogen (secondary N) is 1. The van der Waals surface area contributed by atoms with E-state index in [4.69, 9.17) is 5.73 Å². The van der Waals surface area contributed by atoms with E-state index in [1.54, 1.807) is 19.1 Å². The molecule has 5 heteroatoms. The van der Waals surface area contributed by atoms with Gasteiger partial charge >= 0.3 is 0 Å². The maximum absolute atomic E-state index is 12.3. The summed E-state index contributed by atoms with van der Waals surface area (Å²) >= 11 is 0. The van der Waals surface area contributed by atoms with Gasteiger partial charge in [0.1, 0.15) is 0 Å². The van der Waals surface area contributed by atoms with Crippen LogP contribution in [0.3, 0.4) is 0 Å². The Hall–Kier alpha value is -1.07. The third-order valence-corrected chi connectivity index (χ3v) is 5.99. The van der Waals surface area contributed by atoms with Crippen molar-refractivity contribution < 1.29 is 8.42 Å². The second-order valence-corrected chi connectivity index (χ2v) is 8.08. The second kappa shape index (κ2) is 6.79. The van der Waals surface area contributed by atoms with Gasteiger partial charge in [-0.15, -0.1) is 0 Å². The lowest BCUT2D eigenvalue weighted by atomic mass is 9.81. The van der Waals surface area contributed by atoms with Crippen LogP contribution in [0.25, 0.3) is 0 Å². The Balaban J connectivity index is 1.93. The number of hydrogen-bond donors (Lipinski definition) is 2. The fourth-order valence-electron chi connectivity index (χ4n) is 3.20. The van der Waals surface area contributed by atoms with E-state index in [1.807, 2.05) is 0 Å². The van der Waals surface area contributed by atoms with Crippen LogP contribution in [0.5, 0.6) is 0 Å². The summed E-state index contributed by atoms with van der Waals surface area (Å²) in [6.07, 6.45) is 5.95. The molecule has 1 saturated carbocycles. The minimum atomic E-state index is -3.46. The highest BCUT2D eigenvalue weighted by atomic mass is 32.2. The van der Waals surface area contributed by atoms with E-state index in [0.29, 0.717) is 23.0 Å². The number of aryl methyl sites for hydroxylation is 1. The Morgan fingerprint density at radius 2 is 2.10 bits per heavy atom. The number of nitrogen functional groups attached to an aromatic ring is 1. The zero-order chi connectivity index (χ0) is 15.5. The smallest absolute Gasteiger partial charge is 0.240 e. The Labute approximate surface area is 128 Å². The molecule has 3 N–H and O–H groups in total. The van der Waals surface area contributed by atoms with Crippen LogP contribution in [0.15, 0.2) is 23.1 Å². The number of benzene rings is 1. The summed E-state index contributed by atoms with van der Waals surface area (Å²) in [7, 11) is -3.46. The van der Waals surface area contributed by atoms with Crippen LogP contribution in [0.4, 0.5) is 5.69 Å². The van der Waals surface area contributed by atoms with Crippen LogP contribution < -0.4 is 10.5 Å². The van der Waals surface area contributed by atoms with Crippen LogP contribution >= 0.6 is 0 Å². The summed E-state index contributed by atoms with van der Waals surface area (Å²) in [5, 5.41) is 0. The van der Waals surface area contributed by atoms with Gasteiger partial charge < -0.3 is 5.73 Å². The van der Waals surface area contributed by atoms with Crippen molar-refractivity contribution in [3.05, 3.63) is 23.8 Å². The molecule has 0 radical (unpaired) electrons. The molecule has 118 valence electrons. The number of sulfonamides is 1. The van der Waals surface area contributed by atoms with Gasteiger partial charge in [-0.05, 0) is 49.3 Å². The number of nitrogens with two attached hydrogens (primary N) is 1. The molecule has 1 aliphatic rings. The molecule has 1 aromatic rings. The highest BCUT2D eigenvalue weighted by Gasteiger charge is 2.21. The van der Waals surface area contributed by atoms with Crippen LogP contribution in [0.1, 0.15) is 44.6 Å². The summed E-state index contributed by atoms with van der Waals surface area (Å²) < 4.78 is 27.4. The van der Waals surface area contributed by atoms with Gasteiger partial charge in [0.05, 0.1) is 4.90 Å². The van der Waals surface area contributed by atoms with E-state index in [-0.39, 0.29) is 0 Å². The maximum atomic E-state index is 12.3. The van der Waals surface area contributed by atoms with Gasteiger partial charge in [-0.3, -0.25) is 0 Å². The van der Waals surface area contributed by atoms with Gasteiger partial charge in [0.15, 0.2) is 0 Å². The van der Waals surface area contributed by atoms with Crippen molar-refractivity contribution in [2.24, 2.45) is 11.8 Å². The maximum Gasteiger partial charge on any atom is 0.240 e. The first-order chi connectivity index (χ1) is 9.88. The number of rotatable bonds is 5. The standard InChI is InChI=1S/C16H26N2O2S/c1-12-4-3-5-14(10-12)8-9-18-21(19,20)16-11-15(17)7-6-13(16)2/h6-7,11-12,14,18H,3-5,8-10,17H2,1-2H3. The molecule has 0 bridgehead atoms. The van der Waals surface area contributed by atoms with Gasteiger partial charge in [0.25, 0.3) is 0 Å². The lowest BCUT2D eigenvalue weighted by Crippen LogP contribution is -2.28. The molecule has 0 heterocycles. The molecular weight excluding hydrogens is 284 g/mol. The fourth-order valence-corrected chi connectivity index (χ4v) is 4.53. The largest absolute Gasteiger partial charge is 0.399 e. The quantitative estimate of drug-likeness (QED) is 0.821. The fraction of sp³-hybridized carbons (Fsp3) is 0.625. The van der Waals surface area contributed by atoms with Crippen molar-refractivity contribution in [3.63, 3.8) is 0 Å². The minimum Gasteiger partial charge on any atom is -0.399 e. The molecular formula is C16H26N2O2S. The van der Waals surface area contributed by atoms with Crippen molar-refractivity contribution in [1.82, 2.24) is 4.72 Å². The average Bonchev–Trinajstić information content (AvgIpc) is 2.41.